The highest BCUT2D eigenvalue weighted by Gasteiger charge is 2.29. The van der Waals surface area contributed by atoms with Gasteiger partial charge in [0.05, 0.1) is 13.2 Å². The van der Waals surface area contributed by atoms with Gasteiger partial charge >= 0.3 is 11.9 Å². The maximum absolute atomic E-state index is 12.2. The topological polar surface area (TPSA) is 52.6 Å². The molecule has 0 saturated carbocycles. The van der Waals surface area contributed by atoms with Crippen LogP contribution >= 0.6 is 0 Å². The Bertz CT molecular complexity index is 326. The van der Waals surface area contributed by atoms with Gasteiger partial charge in [0.1, 0.15) is 0 Å². The van der Waals surface area contributed by atoms with E-state index in [1.807, 2.05) is 27.7 Å². The Labute approximate surface area is 155 Å². The predicted octanol–water partition coefficient (Wildman–Crippen LogP) is 5.53. The number of ether oxygens (including phenoxy) is 2. The number of carbonyl (C=O) groups excluding carboxylic acids is 2. The van der Waals surface area contributed by atoms with Crippen molar-refractivity contribution in [1.29, 1.82) is 0 Å². The SMILES string of the molecule is CCCCCCCCCCC(C(=O)OCC(C)C)C(=O)OCC(C)C. The van der Waals surface area contributed by atoms with E-state index in [2.05, 4.69) is 6.92 Å². The lowest BCUT2D eigenvalue weighted by molar-refractivity contribution is -0.163. The molecule has 0 aliphatic heterocycles. The van der Waals surface area contributed by atoms with Crippen LogP contribution in [0.1, 0.15) is 92.4 Å². The maximum Gasteiger partial charge on any atom is 0.320 e. The van der Waals surface area contributed by atoms with Gasteiger partial charge in [-0.15, -0.1) is 0 Å². The van der Waals surface area contributed by atoms with Crippen LogP contribution in [0, 0.1) is 17.8 Å². The number of hydrogen-bond donors (Lipinski definition) is 0. The standard InChI is InChI=1S/C21H40O4/c1-6-7-8-9-10-11-12-13-14-19(20(22)24-15-17(2)3)21(23)25-16-18(4)5/h17-19H,6-16H2,1-5H3. The third-order valence-corrected chi connectivity index (χ3v) is 4.03. The van der Waals surface area contributed by atoms with E-state index in [1.54, 1.807) is 0 Å². The first kappa shape index (κ1) is 23.9. The van der Waals surface area contributed by atoms with Gasteiger partial charge in [-0.1, -0.05) is 86.0 Å². The van der Waals surface area contributed by atoms with Crippen LogP contribution in [0.3, 0.4) is 0 Å². The highest BCUT2D eigenvalue weighted by atomic mass is 16.6. The molecule has 0 heterocycles. The first-order valence-electron chi connectivity index (χ1n) is 10.2. The predicted molar refractivity (Wildman–Crippen MR) is 102 cm³/mol. The molecule has 0 aromatic rings. The van der Waals surface area contributed by atoms with Crippen LogP contribution in [0.25, 0.3) is 0 Å². The molecule has 0 N–H and O–H groups in total. The van der Waals surface area contributed by atoms with E-state index in [1.165, 1.54) is 38.5 Å². The van der Waals surface area contributed by atoms with E-state index in [0.717, 1.165) is 12.8 Å². The van der Waals surface area contributed by atoms with Gasteiger partial charge < -0.3 is 9.47 Å². The number of unbranched alkanes of at least 4 members (excludes halogenated alkanes) is 7. The van der Waals surface area contributed by atoms with E-state index in [0.29, 0.717) is 19.6 Å². The second-order valence-electron chi connectivity index (χ2n) is 7.86. The largest absolute Gasteiger partial charge is 0.465 e. The number of carbonyl (C=O) groups is 2. The highest BCUT2D eigenvalue weighted by Crippen LogP contribution is 2.17. The van der Waals surface area contributed by atoms with Crippen LogP contribution in [0.4, 0.5) is 0 Å². The fraction of sp³-hybridized carbons (Fsp3) is 0.905. The summed E-state index contributed by atoms with van der Waals surface area (Å²) < 4.78 is 10.6. The van der Waals surface area contributed by atoms with Gasteiger partial charge in [-0.05, 0) is 18.3 Å². The molecule has 0 aromatic carbocycles. The molecule has 0 aromatic heterocycles. The van der Waals surface area contributed by atoms with Crippen molar-refractivity contribution < 1.29 is 19.1 Å². The van der Waals surface area contributed by atoms with Gasteiger partial charge in [0, 0.05) is 0 Å². The van der Waals surface area contributed by atoms with Crippen molar-refractivity contribution in [1.82, 2.24) is 0 Å². The highest BCUT2D eigenvalue weighted by molar-refractivity contribution is 5.94. The van der Waals surface area contributed by atoms with Crippen molar-refractivity contribution in [3.63, 3.8) is 0 Å². The van der Waals surface area contributed by atoms with Crippen molar-refractivity contribution in [2.75, 3.05) is 13.2 Å². The molecule has 0 atom stereocenters. The van der Waals surface area contributed by atoms with Crippen molar-refractivity contribution in [3.05, 3.63) is 0 Å². The Hall–Kier alpha value is -1.06. The summed E-state index contributed by atoms with van der Waals surface area (Å²) in [4.78, 5) is 24.5. The molecular formula is C21H40O4. The zero-order valence-electron chi connectivity index (χ0n) is 17.1. The summed E-state index contributed by atoms with van der Waals surface area (Å²) in [7, 11) is 0. The average molecular weight is 357 g/mol. The van der Waals surface area contributed by atoms with Crippen LogP contribution < -0.4 is 0 Å². The van der Waals surface area contributed by atoms with E-state index < -0.39 is 17.9 Å². The minimum atomic E-state index is -0.766. The van der Waals surface area contributed by atoms with E-state index in [9.17, 15) is 9.59 Å². The first-order valence-corrected chi connectivity index (χ1v) is 10.2. The second-order valence-corrected chi connectivity index (χ2v) is 7.86. The molecule has 0 bridgehead atoms. The monoisotopic (exact) mass is 356 g/mol. The lowest BCUT2D eigenvalue weighted by atomic mass is 10.00. The molecule has 0 aliphatic rings. The molecule has 25 heavy (non-hydrogen) atoms. The van der Waals surface area contributed by atoms with Crippen LogP contribution in [0.5, 0.6) is 0 Å². The zero-order chi connectivity index (χ0) is 19.1. The Morgan fingerprint density at radius 3 is 1.48 bits per heavy atom. The second kappa shape index (κ2) is 15.2. The Morgan fingerprint density at radius 2 is 1.08 bits per heavy atom. The third-order valence-electron chi connectivity index (χ3n) is 4.03. The van der Waals surface area contributed by atoms with Crippen LogP contribution in [-0.4, -0.2) is 25.2 Å². The summed E-state index contributed by atoms with van der Waals surface area (Å²) in [5.74, 6) is -1.09. The fourth-order valence-electron chi connectivity index (χ4n) is 2.51. The van der Waals surface area contributed by atoms with Crippen molar-refractivity contribution in [2.24, 2.45) is 17.8 Å². The van der Waals surface area contributed by atoms with Crippen molar-refractivity contribution >= 4 is 11.9 Å². The normalized spacial score (nSPS) is 11.4. The maximum atomic E-state index is 12.2. The smallest absolute Gasteiger partial charge is 0.320 e. The van der Waals surface area contributed by atoms with E-state index in [4.69, 9.17) is 9.47 Å². The van der Waals surface area contributed by atoms with Gasteiger partial charge in [-0.3, -0.25) is 9.59 Å². The third kappa shape index (κ3) is 13.9. The van der Waals surface area contributed by atoms with Gasteiger partial charge in [0.15, 0.2) is 5.92 Å². The molecule has 0 unspecified atom stereocenters. The Morgan fingerprint density at radius 1 is 0.680 bits per heavy atom. The molecule has 0 rings (SSSR count). The number of rotatable bonds is 15. The summed E-state index contributed by atoms with van der Waals surface area (Å²) in [5.41, 5.74) is 0. The molecule has 4 heteroatoms. The molecule has 0 saturated heterocycles. The number of hydrogen-bond acceptors (Lipinski definition) is 4. The minimum Gasteiger partial charge on any atom is -0.465 e. The van der Waals surface area contributed by atoms with E-state index in [-0.39, 0.29) is 11.8 Å². The Kier molecular flexibility index (Phi) is 14.6. The van der Waals surface area contributed by atoms with Crippen molar-refractivity contribution in [2.45, 2.75) is 92.4 Å². The summed E-state index contributed by atoms with van der Waals surface area (Å²) in [6.45, 7) is 10.9. The molecule has 0 amide bonds. The minimum absolute atomic E-state index is 0.263. The average Bonchev–Trinajstić information content (AvgIpc) is 2.56. The van der Waals surface area contributed by atoms with Gasteiger partial charge in [-0.2, -0.15) is 0 Å². The summed E-state index contributed by atoms with van der Waals surface area (Å²) in [6.07, 6.45) is 10.0. The summed E-state index contributed by atoms with van der Waals surface area (Å²) in [6, 6.07) is 0. The fourth-order valence-corrected chi connectivity index (χ4v) is 2.51. The lowest BCUT2D eigenvalue weighted by Crippen LogP contribution is -2.29. The summed E-state index contributed by atoms with van der Waals surface area (Å²) >= 11 is 0. The molecule has 0 radical (unpaired) electrons. The molecular weight excluding hydrogens is 316 g/mol. The number of esters is 2. The van der Waals surface area contributed by atoms with Gasteiger partial charge in [0.25, 0.3) is 0 Å². The van der Waals surface area contributed by atoms with Crippen LogP contribution in [-0.2, 0) is 19.1 Å². The quantitative estimate of drug-likeness (QED) is 0.220. The Balaban J connectivity index is 4.24. The van der Waals surface area contributed by atoms with Crippen LogP contribution in [0.15, 0.2) is 0 Å². The lowest BCUT2D eigenvalue weighted by Gasteiger charge is -2.17. The van der Waals surface area contributed by atoms with Crippen LogP contribution in [0.2, 0.25) is 0 Å². The van der Waals surface area contributed by atoms with Crippen molar-refractivity contribution in [3.8, 4) is 0 Å². The van der Waals surface area contributed by atoms with E-state index >= 15 is 0 Å². The molecule has 0 aliphatic carbocycles. The first-order chi connectivity index (χ1) is 11.9. The molecule has 0 fully saturated rings. The molecule has 148 valence electrons. The molecule has 4 nitrogen and oxygen atoms in total. The van der Waals surface area contributed by atoms with Gasteiger partial charge in [-0.25, -0.2) is 0 Å². The van der Waals surface area contributed by atoms with Gasteiger partial charge in [0.2, 0.25) is 0 Å². The zero-order valence-corrected chi connectivity index (χ0v) is 17.1. The summed E-state index contributed by atoms with van der Waals surface area (Å²) in [5, 5.41) is 0. The molecule has 0 spiro atoms.